The van der Waals surface area contributed by atoms with E-state index in [0.717, 1.165) is 37.1 Å². The molecule has 1 N–H and O–H groups in total. The minimum atomic E-state index is -0.294. The lowest BCUT2D eigenvalue weighted by Gasteiger charge is -2.32. The molecule has 0 aliphatic carbocycles. The maximum atomic E-state index is 13.3. The van der Waals surface area contributed by atoms with Crippen molar-refractivity contribution in [1.82, 2.24) is 14.8 Å². The van der Waals surface area contributed by atoms with E-state index in [1.807, 2.05) is 11.8 Å². The van der Waals surface area contributed by atoms with Gasteiger partial charge in [0.1, 0.15) is 11.5 Å². The SMILES string of the molecule is Cc1c(C(=O)N2CCN(C)CC2)[nH]c2cc(F)ccc12. The smallest absolute Gasteiger partial charge is 0.270 e. The highest BCUT2D eigenvalue weighted by atomic mass is 19.1. The van der Waals surface area contributed by atoms with E-state index < -0.39 is 0 Å². The van der Waals surface area contributed by atoms with E-state index in [2.05, 4.69) is 16.9 Å². The van der Waals surface area contributed by atoms with Gasteiger partial charge >= 0.3 is 0 Å². The Morgan fingerprint density at radius 2 is 1.95 bits per heavy atom. The number of carbonyl (C=O) groups is 1. The molecule has 0 atom stereocenters. The van der Waals surface area contributed by atoms with Crippen LogP contribution in [0.1, 0.15) is 16.1 Å². The molecule has 3 rings (SSSR count). The van der Waals surface area contributed by atoms with Gasteiger partial charge in [-0.2, -0.15) is 0 Å². The molecule has 2 heterocycles. The zero-order valence-electron chi connectivity index (χ0n) is 11.7. The first-order valence-electron chi connectivity index (χ1n) is 6.82. The molecule has 0 radical (unpaired) electrons. The van der Waals surface area contributed by atoms with Crippen LogP contribution in [0.15, 0.2) is 18.2 Å². The highest BCUT2D eigenvalue weighted by Crippen LogP contribution is 2.23. The third-order valence-corrected chi connectivity index (χ3v) is 4.02. The number of aromatic amines is 1. The number of benzene rings is 1. The van der Waals surface area contributed by atoms with Crippen LogP contribution in [0.2, 0.25) is 0 Å². The molecule has 1 aromatic heterocycles. The fraction of sp³-hybridized carbons (Fsp3) is 0.400. The molecule has 4 nitrogen and oxygen atoms in total. The number of carbonyl (C=O) groups excluding carboxylic acids is 1. The van der Waals surface area contributed by atoms with Gasteiger partial charge in [-0.1, -0.05) is 0 Å². The average molecular weight is 275 g/mol. The summed E-state index contributed by atoms with van der Waals surface area (Å²) in [5.41, 5.74) is 2.15. The van der Waals surface area contributed by atoms with Crippen molar-refractivity contribution in [2.24, 2.45) is 0 Å². The Labute approximate surface area is 117 Å². The second-order valence-corrected chi connectivity index (χ2v) is 5.41. The van der Waals surface area contributed by atoms with Crippen molar-refractivity contribution < 1.29 is 9.18 Å². The van der Waals surface area contributed by atoms with Gasteiger partial charge in [-0.15, -0.1) is 0 Å². The maximum absolute atomic E-state index is 13.3. The largest absolute Gasteiger partial charge is 0.350 e. The summed E-state index contributed by atoms with van der Waals surface area (Å²) in [6, 6.07) is 4.58. The Bertz CT molecular complexity index is 656. The molecule has 1 fully saturated rings. The molecule has 106 valence electrons. The Balaban J connectivity index is 1.93. The molecule has 5 heteroatoms. The van der Waals surface area contributed by atoms with Crippen LogP contribution in [-0.4, -0.2) is 53.9 Å². The molecule has 1 saturated heterocycles. The monoisotopic (exact) mass is 275 g/mol. The Kier molecular flexibility index (Phi) is 3.22. The first-order valence-corrected chi connectivity index (χ1v) is 6.82. The summed E-state index contributed by atoms with van der Waals surface area (Å²) in [7, 11) is 2.05. The number of nitrogens with one attached hydrogen (secondary N) is 1. The molecular weight excluding hydrogens is 257 g/mol. The van der Waals surface area contributed by atoms with E-state index in [-0.39, 0.29) is 11.7 Å². The van der Waals surface area contributed by atoms with Crippen molar-refractivity contribution >= 4 is 16.8 Å². The van der Waals surface area contributed by atoms with Gasteiger partial charge in [0.2, 0.25) is 0 Å². The van der Waals surface area contributed by atoms with Crippen LogP contribution in [0, 0.1) is 12.7 Å². The van der Waals surface area contributed by atoms with Gasteiger partial charge in [-0.3, -0.25) is 4.79 Å². The fourth-order valence-corrected chi connectivity index (χ4v) is 2.69. The number of H-pyrrole nitrogens is 1. The van der Waals surface area contributed by atoms with Crippen LogP contribution in [0.25, 0.3) is 10.9 Å². The number of aryl methyl sites for hydroxylation is 1. The quantitative estimate of drug-likeness (QED) is 0.864. The van der Waals surface area contributed by atoms with Crippen molar-refractivity contribution in [1.29, 1.82) is 0 Å². The van der Waals surface area contributed by atoms with Crippen LogP contribution in [0.3, 0.4) is 0 Å². The first kappa shape index (κ1) is 13.1. The number of aromatic nitrogens is 1. The van der Waals surface area contributed by atoms with E-state index in [9.17, 15) is 9.18 Å². The second kappa shape index (κ2) is 4.90. The van der Waals surface area contributed by atoms with Crippen LogP contribution in [-0.2, 0) is 0 Å². The Morgan fingerprint density at radius 1 is 1.25 bits per heavy atom. The molecule has 0 saturated carbocycles. The molecule has 1 aliphatic rings. The molecule has 20 heavy (non-hydrogen) atoms. The van der Waals surface area contributed by atoms with Crippen molar-refractivity contribution in [3.05, 3.63) is 35.3 Å². The maximum Gasteiger partial charge on any atom is 0.270 e. The van der Waals surface area contributed by atoms with E-state index in [4.69, 9.17) is 0 Å². The van der Waals surface area contributed by atoms with E-state index in [1.165, 1.54) is 12.1 Å². The molecule has 0 bridgehead atoms. The lowest BCUT2D eigenvalue weighted by atomic mass is 10.1. The zero-order valence-corrected chi connectivity index (χ0v) is 11.7. The van der Waals surface area contributed by atoms with Crippen molar-refractivity contribution in [3.63, 3.8) is 0 Å². The lowest BCUT2D eigenvalue weighted by molar-refractivity contribution is 0.0658. The summed E-state index contributed by atoms with van der Waals surface area (Å²) in [6.45, 7) is 5.15. The van der Waals surface area contributed by atoms with Crippen molar-refractivity contribution in [2.45, 2.75) is 6.92 Å². The molecule has 1 aliphatic heterocycles. The van der Waals surface area contributed by atoms with Gasteiger partial charge in [0, 0.05) is 37.1 Å². The summed E-state index contributed by atoms with van der Waals surface area (Å²) < 4.78 is 13.3. The molecule has 0 spiro atoms. The highest BCUT2D eigenvalue weighted by molar-refractivity contribution is 6.00. The number of hydrogen-bond acceptors (Lipinski definition) is 2. The summed E-state index contributed by atoms with van der Waals surface area (Å²) in [5.74, 6) is -0.287. The van der Waals surface area contributed by atoms with Crippen molar-refractivity contribution in [2.75, 3.05) is 33.2 Å². The van der Waals surface area contributed by atoms with Crippen LogP contribution in [0.5, 0.6) is 0 Å². The van der Waals surface area contributed by atoms with Gasteiger partial charge in [0.05, 0.1) is 0 Å². The van der Waals surface area contributed by atoms with Crippen LogP contribution in [0.4, 0.5) is 4.39 Å². The molecule has 1 aromatic carbocycles. The van der Waals surface area contributed by atoms with E-state index in [1.54, 1.807) is 6.07 Å². The highest BCUT2D eigenvalue weighted by Gasteiger charge is 2.23. The number of hydrogen-bond donors (Lipinski definition) is 1. The number of fused-ring (bicyclic) bond motifs is 1. The second-order valence-electron chi connectivity index (χ2n) is 5.41. The molecule has 2 aromatic rings. The third kappa shape index (κ3) is 2.18. The van der Waals surface area contributed by atoms with E-state index in [0.29, 0.717) is 11.2 Å². The van der Waals surface area contributed by atoms with Gasteiger partial charge in [0.25, 0.3) is 5.91 Å². The molecule has 1 amide bonds. The van der Waals surface area contributed by atoms with Crippen LogP contribution >= 0.6 is 0 Å². The number of likely N-dealkylation sites (N-methyl/N-ethyl adjacent to an activating group) is 1. The zero-order chi connectivity index (χ0) is 14.3. The number of halogens is 1. The average Bonchev–Trinajstić information content (AvgIpc) is 2.75. The minimum absolute atomic E-state index is 0.00667. The number of amides is 1. The molecular formula is C15H18FN3O. The summed E-state index contributed by atoms with van der Waals surface area (Å²) in [5, 5.41) is 0.906. The topological polar surface area (TPSA) is 39.3 Å². The first-order chi connectivity index (χ1) is 9.56. The van der Waals surface area contributed by atoms with Crippen LogP contribution < -0.4 is 0 Å². The summed E-state index contributed by atoms with van der Waals surface area (Å²) in [4.78, 5) is 19.7. The van der Waals surface area contributed by atoms with Crippen molar-refractivity contribution in [3.8, 4) is 0 Å². The number of rotatable bonds is 1. The van der Waals surface area contributed by atoms with E-state index >= 15 is 0 Å². The Hall–Kier alpha value is -1.88. The minimum Gasteiger partial charge on any atom is -0.350 e. The standard InChI is InChI=1S/C15H18FN3O/c1-10-12-4-3-11(16)9-13(12)17-14(10)15(20)19-7-5-18(2)6-8-19/h3-4,9,17H,5-8H2,1-2H3. The lowest BCUT2D eigenvalue weighted by Crippen LogP contribution is -2.47. The van der Waals surface area contributed by atoms with Gasteiger partial charge in [-0.25, -0.2) is 4.39 Å². The number of nitrogens with zero attached hydrogens (tertiary/aromatic N) is 2. The summed E-state index contributed by atoms with van der Waals surface area (Å²) >= 11 is 0. The van der Waals surface area contributed by atoms with Gasteiger partial charge in [0.15, 0.2) is 0 Å². The van der Waals surface area contributed by atoms with Gasteiger partial charge in [-0.05, 0) is 37.7 Å². The van der Waals surface area contributed by atoms with Gasteiger partial charge < -0.3 is 14.8 Å². The predicted octanol–water partition coefficient (Wildman–Crippen LogP) is 2.00. The summed E-state index contributed by atoms with van der Waals surface area (Å²) in [6.07, 6.45) is 0. The number of piperazine rings is 1. The predicted molar refractivity (Wildman–Crippen MR) is 76.4 cm³/mol. The fourth-order valence-electron chi connectivity index (χ4n) is 2.69. The molecule has 0 unspecified atom stereocenters. The third-order valence-electron chi connectivity index (χ3n) is 4.02. The normalized spacial score (nSPS) is 16.9. The Morgan fingerprint density at radius 3 is 2.65 bits per heavy atom.